The summed E-state index contributed by atoms with van der Waals surface area (Å²) in [4.78, 5) is 16.3. The molecule has 6 heteroatoms. The van der Waals surface area contributed by atoms with E-state index in [2.05, 4.69) is 29.6 Å². The number of carbonyl (C=O) groups excluding carboxylic acids is 1. The van der Waals surface area contributed by atoms with Crippen LogP contribution in [-0.2, 0) is 11.3 Å². The monoisotopic (exact) mass is 384 g/mol. The standard InChI is InChI=1S/C22H29N3O3/c1-17(23-19-9-10-20(27-2)21(15-19)28-3)22(26)25-13-11-24(12-14-25)16-18-7-5-4-6-8-18/h4-10,15,17,23H,11-14,16H2,1-3H3/p+1/t17-/m0/s1. The first kappa shape index (κ1) is 20.0. The second kappa shape index (κ2) is 9.46. The van der Waals surface area contributed by atoms with E-state index in [9.17, 15) is 4.79 Å². The molecule has 1 amide bonds. The lowest BCUT2D eigenvalue weighted by molar-refractivity contribution is -0.917. The van der Waals surface area contributed by atoms with Crippen LogP contribution in [0.5, 0.6) is 11.5 Å². The molecule has 3 rings (SSSR count). The Kier molecular flexibility index (Phi) is 6.76. The Morgan fingerprint density at radius 1 is 1.07 bits per heavy atom. The Bertz CT molecular complexity index is 774. The number of anilines is 1. The van der Waals surface area contributed by atoms with E-state index >= 15 is 0 Å². The van der Waals surface area contributed by atoms with Gasteiger partial charge >= 0.3 is 0 Å². The second-order valence-electron chi connectivity index (χ2n) is 7.17. The highest BCUT2D eigenvalue weighted by Crippen LogP contribution is 2.30. The van der Waals surface area contributed by atoms with E-state index in [1.54, 1.807) is 14.2 Å². The van der Waals surface area contributed by atoms with Crippen molar-refractivity contribution in [3.8, 4) is 11.5 Å². The molecule has 1 saturated heterocycles. The molecule has 6 nitrogen and oxygen atoms in total. The molecule has 2 N–H and O–H groups in total. The Hall–Kier alpha value is -2.73. The van der Waals surface area contributed by atoms with Crippen LogP contribution in [0.1, 0.15) is 12.5 Å². The average Bonchev–Trinajstić information content (AvgIpc) is 2.74. The third kappa shape index (κ3) is 4.95. The number of nitrogens with one attached hydrogen (secondary N) is 2. The van der Waals surface area contributed by atoms with E-state index in [0.29, 0.717) is 11.5 Å². The predicted molar refractivity (Wildman–Crippen MR) is 110 cm³/mol. The summed E-state index contributed by atoms with van der Waals surface area (Å²) in [7, 11) is 3.21. The summed E-state index contributed by atoms with van der Waals surface area (Å²) < 4.78 is 10.6. The quantitative estimate of drug-likeness (QED) is 0.758. The van der Waals surface area contributed by atoms with Crippen LogP contribution in [0.4, 0.5) is 5.69 Å². The molecule has 2 aromatic carbocycles. The highest BCUT2D eigenvalue weighted by atomic mass is 16.5. The van der Waals surface area contributed by atoms with Crippen LogP contribution in [0.25, 0.3) is 0 Å². The van der Waals surface area contributed by atoms with Gasteiger partial charge in [-0.3, -0.25) is 4.79 Å². The molecule has 1 atom stereocenters. The summed E-state index contributed by atoms with van der Waals surface area (Å²) in [5.41, 5.74) is 2.19. The Balaban J connectivity index is 1.52. The molecule has 150 valence electrons. The van der Waals surface area contributed by atoms with Gasteiger partial charge in [0.25, 0.3) is 0 Å². The van der Waals surface area contributed by atoms with E-state index < -0.39 is 0 Å². The number of piperazine rings is 1. The van der Waals surface area contributed by atoms with Gasteiger partial charge in [0.15, 0.2) is 11.5 Å². The van der Waals surface area contributed by atoms with E-state index in [-0.39, 0.29) is 11.9 Å². The van der Waals surface area contributed by atoms with Gasteiger partial charge in [0.1, 0.15) is 12.6 Å². The largest absolute Gasteiger partial charge is 0.493 e. The summed E-state index contributed by atoms with van der Waals surface area (Å²) in [5, 5.41) is 3.28. The molecule has 1 aliphatic rings. The summed E-state index contributed by atoms with van der Waals surface area (Å²) in [6, 6.07) is 15.8. The molecule has 2 aromatic rings. The first-order valence-electron chi connectivity index (χ1n) is 9.75. The maximum atomic E-state index is 12.8. The zero-order valence-electron chi connectivity index (χ0n) is 16.9. The minimum absolute atomic E-state index is 0.133. The smallest absolute Gasteiger partial charge is 0.245 e. The van der Waals surface area contributed by atoms with Crippen LogP contribution >= 0.6 is 0 Å². The molecule has 0 bridgehead atoms. The van der Waals surface area contributed by atoms with Crippen molar-refractivity contribution in [1.29, 1.82) is 0 Å². The summed E-state index contributed by atoms with van der Waals surface area (Å²) in [6.07, 6.45) is 0. The highest BCUT2D eigenvalue weighted by Gasteiger charge is 2.27. The number of benzene rings is 2. The number of hydrogen-bond acceptors (Lipinski definition) is 4. The van der Waals surface area contributed by atoms with Crippen molar-refractivity contribution < 1.29 is 19.2 Å². The van der Waals surface area contributed by atoms with Gasteiger partial charge in [0, 0.05) is 17.3 Å². The molecule has 0 aromatic heterocycles. The number of hydrogen-bond donors (Lipinski definition) is 2. The third-order valence-electron chi connectivity index (χ3n) is 5.22. The lowest BCUT2D eigenvalue weighted by Gasteiger charge is -2.34. The number of ether oxygens (including phenoxy) is 2. The number of carbonyl (C=O) groups is 1. The Labute approximate surface area is 167 Å². The molecular weight excluding hydrogens is 354 g/mol. The molecule has 0 radical (unpaired) electrons. The van der Waals surface area contributed by atoms with Gasteiger partial charge < -0.3 is 24.6 Å². The summed E-state index contributed by atoms with van der Waals surface area (Å²) >= 11 is 0. The fourth-order valence-corrected chi connectivity index (χ4v) is 3.62. The summed E-state index contributed by atoms with van der Waals surface area (Å²) in [6.45, 7) is 6.45. The highest BCUT2D eigenvalue weighted by molar-refractivity contribution is 5.84. The van der Waals surface area contributed by atoms with Crippen molar-refractivity contribution in [3.05, 3.63) is 54.1 Å². The number of methoxy groups -OCH3 is 2. The van der Waals surface area contributed by atoms with Gasteiger partial charge in [-0.2, -0.15) is 0 Å². The number of quaternary nitrogens is 1. The molecular formula is C22H30N3O3+. The van der Waals surface area contributed by atoms with Crippen molar-refractivity contribution in [2.45, 2.75) is 19.5 Å². The molecule has 0 aliphatic carbocycles. The van der Waals surface area contributed by atoms with E-state index in [0.717, 1.165) is 38.4 Å². The SMILES string of the molecule is COc1ccc(N[C@@H](C)C(=O)N2CC[NH+](Cc3ccccc3)CC2)cc1OC. The van der Waals surface area contributed by atoms with Crippen LogP contribution in [0.3, 0.4) is 0 Å². The van der Waals surface area contributed by atoms with Crippen LogP contribution < -0.4 is 19.7 Å². The van der Waals surface area contributed by atoms with E-state index in [1.807, 2.05) is 36.1 Å². The lowest BCUT2D eigenvalue weighted by atomic mass is 10.2. The fourth-order valence-electron chi connectivity index (χ4n) is 3.62. The van der Waals surface area contributed by atoms with Crippen molar-refractivity contribution in [2.24, 2.45) is 0 Å². The average molecular weight is 385 g/mol. The zero-order valence-corrected chi connectivity index (χ0v) is 16.9. The molecule has 0 saturated carbocycles. The van der Waals surface area contributed by atoms with Crippen molar-refractivity contribution in [2.75, 3.05) is 45.7 Å². The normalized spacial score (nSPS) is 15.8. The second-order valence-corrected chi connectivity index (χ2v) is 7.17. The number of nitrogens with zero attached hydrogens (tertiary/aromatic N) is 1. The fraction of sp³-hybridized carbons (Fsp3) is 0.409. The maximum absolute atomic E-state index is 12.8. The molecule has 1 fully saturated rings. The van der Waals surface area contributed by atoms with Crippen LogP contribution in [0.2, 0.25) is 0 Å². The van der Waals surface area contributed by atoms with E-state index in [4.69, 9.17) is 9.47 Å². The Morgan fingerprint density at radius 3 is 2.39 bits per heavy atom. The predicted octanol–water partition coefficient (Wildman–Crippen LogP) is 1.43. The summed E-state index contributed by atoms with van der Waals surface area (Å²) in [5.74, 6) is 1.45. The minimum atomic E-state index is -0.297. The van der Waals surface area contributed by atoms with Crippen molar-refractivity contribution >= 4 is 11.6 Å². The van der Waals surface area contributed by atoms with Crippen LogP contribution in [0, 0.1) is 0 Å². The van der Waals surface area contributed by atoms with Crippen molar-refractivity contribution in [3.63, 3.8) is 0 Å². The topological polar surface area (TPSA) is 55.2 Å². The van der Waals surface area contributed by atoms with Gasteiger partial charge in [-0.05, 0) is 19.1 Å². The molecule has 1 heterocycles. The molecule has 0 unspecified atom stereocenters. The van der Waals surface area contributed by atoms with Crippen LogP contribution in [0.15, 0.2) is 48.5 Å². The van der Waals surface area contributed by atoms with Gasteiger partial charge in [-0.15, -0.1) is 0 Å². The maximum Gasteiger partial charge on any atom is 0.245 e. The molecule has 28 heavy (non-hydrogen) atoms. The van der Waals surface area contributed by atoms with Crippen LogP contribution in [-0.4, -0.2) is 57.2 Å². The number of rotatable bonds is 7. The van der Waals surface area contributed by atoms with Gasteiger partial charge in [0.2, 0.25) is 5.91 Å². The molecule has 1 aliphatic heterocycles. The first-order valence-corrected chi connectivity index (χ1v) is 9.75. The molecule has 0 spiro atoms. The van der Waals surface area contributed by atoms with Gasteiger partial charge in [-0.25, -0.2) is 0 Å². The zero-order chi connectivity index (χ0) is 19.9. The van der Waals surface area contributed by atoms with Gasteiger partial charge in [0.05, 0.1) is 40.4 Å². The minimum Gasteiger partial charge on any atom is -0.493 e. The van der Waals surface area contributed by atoms with E-state index in [1.165, 1.54) is 10.5 Å². The van der Waals surface area contributed by atoms with Gasteiger partial charge in [-0.1, -0.05) is 30.3 Å². The lowest BCUT2D eigenvalue weighted by Crippen LogP contribution is -3.13. The third-order valence-corrected chi connectivity index (χ3v) is 5.22. The van der Waals surface area contributed by atoms with Crippen molar-refractivity contribution in [1.82, 2.24) is 4.90 Å². The number of amides is 1. The Morgan fingerprint density at radius 2 is 1.75 bits per heavy atom. The first-order chi connectivity index (χ1) is 13.6.